The highest BCUT2D eigenvalue weighted by Gasteiger charge is 2.28. The van der Waals surface area contributed by atoms with Gasteiger partial charge >= 0.3 is 0 Å². The number of amides is 1. The maximum Gasteiger partial charge on any atom is 0.253 e. The maximum atomic E-state index is 12.1. The Morgan fingerprint density at radius 1 is 1.21 bits per heavy atom. The summed E-state index contributed by atoms with van der Waals surface area (Å²) in [6.45, 7) is 3.96. The third kappa shape index (κ3) is 7.95. The molecule has 1 amide bonds. The first-order valence-corrected chi connectivity index (χ1v) is 9.99. The standard InChI is InChI=1S/C21H34N4O2.HI/c1-4-22-20(24-16-21(27)12-6-5-7-13-21)23-14-11-17-9-8-10-18(15-17)19(26)25(2)3;/h8-10,15,27H,4-7,11-14,16H2,1-3H3,(H2,22,23,24);1H. The van der Waals surface area contributed by atoms with E-state index in [0.717, 1.165) is 50.2 Å². The predicted octanol–water partition coefficient (Wildman–Crippen LogP) is 2.80. The van der Waals surface area contributed by atoms with E-state index in [1.807, 2.05) is 31.2 Å². The summed E-state index contributed by atoms with van der Waals surface area (Å²) in [4.78, 5) is 18.3. The Morgan fingerprint density at radius 3 is 2.57 bits per heavy atom. The van der Waals surface area contributed by atoms with E-state index in [2.05, 4.69) is 15.6 Å². The van der Waals surface area contributed by atoms with Gasteiger partial charge in [0.2, 0.25) is 0 Å². The molecular formula is C21H35IN4O2. The molecule has 158 valence electrons. The molecule has 0 heterocycles. The molecule has 0 atom stereocenters. The summed E-state index contributed by atoms with van der Waals surface area (Å²) >= 11 is 0. The molecule has 1 aliphatic carbocycles. The number of nitrogens with one attached hydrogen (secondary N) is 2. The number of carbonyl (C=O) groups excluding carboxylic acids is 1. The normalized spacial score (nSPS) is 16.1. The Balaban J connectivity index is 0.00000392. The second kappa shape index (κ2) is 12.3. The Bertz CT molecular complexity index is 643. The number of nitrogens with zero attached hydrogens (tertiary/aromatic N) is 2. The van der Waals surface area contributed by atoms with Gasteiger partial charge in [-0.1, -0.05) is 31.4 Å². The minimum Gasteiger partial charge on any atom is -0.388 e. The number of hydrogen-bond acceptors (Lipinski definition) is 3. The lowest BCUT2D eigenvalue weighted by Crippen LogP contribution is -2.41. The molecule has 0 unspecified atom stereocenters. The van der Waals surface area contributed by atoms with Crippen LogP contribution < -0.4 is 10.6 Å². The monoisotopic (exact) mass is 502 g/mol. The molecule has 3 N–H and O–H groups in total. The fraction of sp³-hybridized carbons (Fsp3) is 0.619. The van der Waals surface area contributed by atoms with E-state index in [1.54, 1.807) is 19.0 Å². The summed E-state index contributed by atoms with van der Waals surface area (Å²) in [6, 6.07) is 7.74. The molecule has 1 aromatic rings. The third-order valence-corrected chi connectivity index (χ3v) is 4.95. The minimum atomic E-state index is -0.651. The molecule has 2 rings (SSSR count). The Kier molecular flexibility index (Phi) is 10.8. The van der Waals surface area contributed by atoms with Gasteiger partial charge in [-0.25, -0.2) is 0 Å². The summed E-state index contributed by atoms with van der Waals surface area (Å²) < 4.78 is 0. The number of aliphatic hydroxyl groups is 1. The van der Waals surface area contributed by atoms with Crippen molar-refractivity contribution in [3.05, 3.63) is 35.4 Å². The van der Waals surface area contributed by atoms with Gasteiger partial charge in [0, 0.05) is 32.7 Å². The molecule has 1 fully saturated rings. The van der Waals surface area contributed by atoms with Crippen LogP contribution in [0.5, 0.6) is 0 Å². The average Bonchev–Trinajstić information content (AvgIpc) is 2.66. The van der Waals surface area contributed by atoms with E-state index in [9.17, 15) is 9.90 Å². The van der Waals surface area contributed by atoms with Crippen molar-refractivity contribution in [2.75, 3.05) is 33.7 Å². The SMILES string of the molecule is CCNC(=NCC1(O)CCCCC1)NCCc1cccc(C(=O)N(C)C)c1.I. The predicted molar refractivity (Wildman–Crippen MR) is 126 cm³/mol. The van der Waals surface area contributed by atoms with E-state index in [4.69, 9.17) is 0 Å². The van der Waals surface area contributed by atoms with Crippen molar-refractivity contribution in [3.8, 4) is 0 Å². The number of aliphatic imine (C=N–C) groups is 1. The van der Waals surface area contributed by atoms with Gasteiger partial charge < -0.3 is 20.6 Å². The van der Waals surface area contributed by atoms with Crippen molar-refractivity contribution in [1.82, 2.24) is 15.5 Å². The first-order valence-electron chi connectivity index (χ1n) is 9.99. The van der Waals surface area contributed by atoms with Gasteiger partial charge in [-0.3, -0.25) is 9.79 Å². The van der Waals surface area contributed by atoms with Gasteiger partial charge in [-0.15, -0.1) is 24.0 Å². The molecule has 1 saturated carbocycles. The van der Waals surface area contributed by atoms with E-state index in [-0.39, 0.29) is 29.9 Å². The molecule has 0 spiro atoms. The van der Waals surface area contributed by atoms with Crippen LogP contribution in [0.15, 0.2) is 29.3 Å². The lowest BCUT2D eigenvalue weighted by molar-refractivity contribution is 0.0131. The van der Waals surface area contributed by atoms with Crippen LogP contribution >= 0.6 is 24.0 Å². The number of carbonyl (C=O) groups is 1. The van der Waals surface area contributed by atoms with Gasteiger partial charge in [0.1, 0.15) is 0 Å². The number of hydrogen-bond donors (Lipinski definition) is 3. The fourth-order valence-corrected chi connectivity index (χ4v) is 3.38. The second-order valence-electron chi connectivity index (χ2n) is 7.56. The van der Waals surface area contributed by atoms with E-state index in [1.165, 1.54) is 6.42 Å². The number of halogens is 1. The highest BCUT2D eigenvalue weighted by atomic mass is 127. The molecule has 1 aromatic carbocycles. The second-order valence-corrected chi connectivity index (χ2v) is 7.56. The first kappa shape index (κ1) is 24.7. The van der Waals surface area contributed by atoms with E-state index < -0.39 is 5.60 Å². The molecule has 0 aliphatic heterocycles. The highest BCUT2D eigenvalue weighted by molar-refractivity contribution is 14.0. The Hall–Kier alpha value is -1.35. The van der Waals surface area contributed by atoms with Crippen LogP contribution in [0.3, 0.4) is 0 Å². The van der Waals surface area contributed by atoms with Crippen molar-refractivity contribution >= 4 is 35.8 Å². The molecule has 1 aliphatic rings. The lowest BCUT2D eigenvalue weighted by Gasteiger charge is -2.30. The van der Waals surface area contributed by atoms with Gasteiger partial charge in [-0.2, -0.15) is 0 Å². The Labute approximate surface area is 186 Å². The molecule has 28 heavy (non-hydrogen) atoms. The van der Waals surface area contributed by atoms with Crippen LogP contribution in [0.1, 0.15) is 54.9 Å². The molecule has 0 aromatic heterocycles. The van der Waals surface area contributed by atoms with Crippen molar-refractivity contribution in [3.63, 3.8) is 0 Å². The zero-order valence-electron chi connectivity index (χ0n) is 17.3. The average molecular weight is 502 g/mol. The lowest BCUT2D eigenvalue weighted by atomic mass is 9.85. The molecule has 7 heteroatoms. The zero-order valence-corrected chi connectivity index (χ0v) is 19.7. The maximum absolute atomic E-state index is 12.1. The van der Waals surface area contributed by atoms with Crippen molar-refractivity contribution < 1.29 is 9.90 Å². The summed E-state index contributed by atoms with van der Waals surface area (Å²) in [5.74, 6) is 0.748. The van der Waals surface area contributed by atoms with Crippen molar-refractivity contribution in [2.24, 2.45) is 4.99 Å². The summed E-state index contributed by atoms with van der Waals surface area (Å²) in [5.41, 5.74) is 1.16. The van der Waals surface area contributed by atoms with Gasteiger partial charge in [0.15, 0.2) is 5.96 Å². The summed E-state index contributed by atoms with van der Waals surface area (Å²) in [5, 5.41) is 17.2. The number of guanidine groups is 1. The zero-order chi connectivity index (χ0) is 19.7. The van der Waals surface area contributed by atoms with Crippen LogP contribution in [0.25, 0.3) is 0 Å². The summed E-state index contributed by atoms with van der Waals surface area (Å²) in [7, 11) is 3.52. The van der Waals surface area contributed by atoms with E-state index in [0.29, 0.717) is 18.7 Å². The van der Waals surface area contributed by atoms with Crippen LogP contribution in [0.2, 0.25) is 0 Å². The number of rotatable bonds is 7. The molecule has 0 radical (unpaired) electrons. The van der Waals surface area contributed by atoms with Crippen molar-refractivity contribution in [1.29, 1.82) is 0 Å². The fourth-order valence-electron chi connectivity index (χ4n) is 3.38. The molecular weight excluding hydrogens is 467 g/mol. The third-order valence-electron chi connectivity index (χ3n) is 4.95. The van der Waals surface area contributed by atoms with E-state index >= 15 is 0 Å². The van der Waals surface area contributed by atoms with Crippen LogP contribution in [0.4, 0.5) is 0 Å². The Morgan fingerprint density at radius 2 is 1.93 bits per heavy atom. The van der Waals surface area contributed by atoms with Crippen LogP contribution in [0, 0.1) is 0 Å². The van der Waals surface area contributed by atoms with Crippen molar-refractivity contribution in [2.45, 2.75) is 51.0 Å². The smallest absolute Gasteiger partial charge is 0.253 e. The molecule has 0 saturated heterocycles. The van der Waals surface area contributed by atoms with Gasteiger partial charge in [0.05, 0.1) is 12.1 Å². The van der Waals surface area contributed by atoms with Gasteiger partial charge in [-0.05, 0) is 43.9 Å². The quantitative estimate of drug-likeness (QED) is 0.305. The molecule has 0 bridgehead atoms. The molecule has 6 nitrogen and oxygen atoms in total. The topological polar surface area (TPSA) is 77.0 Å². The summed E-state index contributed by atoms with van der Waals surface area (Å²) in [6.07, 6.45) is 5.84. The minimum absolute atomic E-state index is 0. The van der Waals surface area contributed by atoms with Gasteiger partial charge in [0.25, 0.3) is 5.91 Å². The highest BCUT2D eigenvalue weighted by Crippen LogP contribution is 2.28. The number of benzene rings is 1. The van der Waals surface area contributed by atoms with Crippen LogP contribution in [-0.4, -0.2) is 61.2 Å². The largest absolute Gasteiger partial charge is 0.388 e. The van der Waals surface area contributed by atoms with Crippen LogP contribution in [-0.2, 0) is 6.42 Å². The first-order chi connectivity index (χ1) is 12.9.